The number of benzene rings is 4. The van der Waals surface area contributed by atoms with Gasteiger partial charge in [0, 0.05) is 37.7 Å². The molecule has 0 aliphatic carbocycles. The van der Waals surface area contributed by atoms with E-state index in [1.165, 1.54) is 26.0 Å². The van der Waals surface area contributed by atoms with E-state index in [1.54, 1.807) is 36.4 Å². The number of hydrogen-bond acceptors (Lipinski definition) is 14. The molecule has 3 aliphatic heterocycles. The van der Waals surface area contributed by atoms with E-state index in [9.17, 15) is 58.8 Å². The van der Waals surface area contributed by atoms with E-state index in [0.717, 1.165) is 57.1 Å². The Hall–Kier alpha value is -7.92. The Labute approximate surface area is 470 Å². The molecule has 3 saturated heterocycles. The second kappa shape index (κ2) is 28.5. The van der Waals surface area contributed by atoms with Crippen LogP contribution >= 0.6 is 0 Å². The highest BCUT2D eigenvalue weighted by atomic mass is 16.5. The summed E-state index contributed by atoms with van der Waals surface area (Å²) in [4.78, 5) is 115. The van der Waals surface area contributed by atoms with Crippen molar-refractivity contribution >= 4 is 47.3 Å². The summed E-state index contributed by atoms with van der Waals surface area (Å²) in [5.41, 5.74) is 10.1. The normalized spacial score (nSPS) is 24.0. The third-order valence-corrected chi connectivity index (χ3v) is 14.8. The summed E-state index contributed by atoms with van der Waals surface area (Å²) >= 11 is 0. The zero-order chi connectivity index (χ0) is 58.3. The molecule has 0 radical (unpaired) electrons. The first-order chi connectivity index (χ1) is 38.8. The molecule has 3 aliphatic rings. The van der Waals surface area contributed by atoms with Crippen LogP contribution in [0.2, 0.25) is 0 Å². The third kappa shape index (κ3) is 16.1. The van der Waals surface area contributed by atoms with Crippen LogP contribution < -0.4 is 42.4 Å². The highest BCUT2D eigenvalue weighted by Gasteiger charge is 2.46. The Bertz CT molecular complexity index is 2830. The number of unbranched alkanes of at least 4 members (excludes halogenated alkanes) is 2. The highest BCUT2D eigenvalue weighted by Crippen LogP contribution is 2.28. The summed E-state index contributed by atoms with van der Waals surface area (Å²) in [5.74, 6) is -5.66. The number of ether oxygens (including phenoxy) is 1. The summed E-state index contributed by atoms with van der Waals surface area (Å²) in [7, 11) is 0. The molecule has 7 rings (SSSR count). The number of aromatic hydroxyl groups is 1. The number of aliphatic hydroxyl groups is 3. The zero-order valence-electron chi connectivity index (χ0n) is 45.8. The van der Waals surface area contributed by atoms with E-state index in [1.807, 2.05) is 48.5 Å². The molecule has 81 heavy (non-hydrogen) atoms. The van der Waals surface area contributed by atoms with E-state index < -0.39 is 114 Å². The monoisotopic (exact) mass is 1120 g/mol. The van der Waals surface area contributed by atoms with E-state index in [4.69, 9.17) is 10.5 Å². The number of nitrogens with one attached hydrogen (secondary N) is 6. The quantitative estimate of drug-likeness (QED) is 0.0702. The second-order valence-corrected chi connectivity index (χ2v) is 21.0. The van der Waals surface area contributed by atoms with Gasteiger partial charge in [-0.15, -0.1) is 0 Å². The standard InChI is InChI=1S/C59H75N9O13/c1-4-5-6-28-81-45-24-20-40(21-25-45)38-14-12-37(13-15-38)39-16-18-41(19-17-39)53(74)63-46-8-7-27-61-56(77)48-29-42(62-50(73)31-60)32-67(48)58(79)51(34(2)69)66-55(76)47(26-11-36-9-22-43(71)23-10-36)64-57(78)49-30-44(72)33-68(49)59(80)52(35(3)70)65-54(46)75/h9-10,12-25,34-35,42,44,46-49,51-52,69-72H,4-8,11,26-33,60H2,1-3H3,(H,61,77)(H,62,73)(H,63,74)(H,64,78)(H,65,75)(H,66,76)/t34?,35?,42-,44+,46-,47?,48?,49?,51?,52?/m0/s1. The number of phenols is 1. The highest BCUT2D eigenvalue weighted by molar-refractivity contribution is 6.00. The number of fused-ring (bicyclic) bond motifs is 2. The van der Waals surface area contributed by atoms with Gasteiger partial charge in [-0.1, -0.05) is 80.4 Å². The molecule has 0 spiro atoms. The Kier molecular flexibility index (Phi) is 21.3. The molecule has 4 aromatic carbocycles. The van der Waals surface area contributed by atoms with Crippen LogP contribution in [0, 0.1) is 0 Å². The SMILES string of the molecule is CCCCCOc1ccc(-c2ccc(-c3ccc(C(=O)N[C@H]4CCCNC(=O)C5C[C@H](NC(=O)CN)CN5C(=O)C(C(C)O)NC(=O)C(CCc5ccc(O)cc5)NC(=O)C5C[C@@H](O)CN5C(=O)C(C(C)O)NC4=O)cc3)cc2)cc1. The van der Waals surface area contributed by atoms with Crippen molar-refractivity contribution < 1.29 is 63.5 Å². The summed E-state index contributed by atoms with van der Waals surface area (Å²) < 4.78 is 5.86. The van der Waals surface area contributed by atoms with Crippen molar-refractivity contribution in [2.75, 3.05) is 32.8 Å². The zero-order valence-corrected chi connectivity index (χ0v) is 45.8. The number of rotatable bonds is 16. The van der Waals surface area contributed by atoms with Crippen LogP contribution in [0.3, 0.4) is 0 Å². The molecule has 3 heterocycles. The van der Waals surface area contributed by atoms with Gasteiger partial charge in [0.15, 0.2) is 0 Å². The van der Waals surface area contributed by atoms with Crippen LogP contribution in [0.25, 0.3) is 22.3 Å². The van der Waals surface area contributed by atoms with E-state index in [2.05, 4.69) is 38.8 Å². The van der Waals surface area contributed by atoms with E-state index in [0.29, 0.717) is 12.2 Å². The Morgan fingerprint density at radius 2 is 1.25 bits per heavy atom. The Morgan fingerprint density at radius 1 is 0.691 bits per heavy atom. The number of carbonyl (C=O) groups excluding carboxylic acids is 8. The molecule has 4 aromatic rings. The van der Waals surface area contributed by atoms with Crippen molar-refractivity contribution in [1.29, 1.82) is 0 Å². The summed E-state index contributed by atoms with van der Waals surface area (Å²) in [5, 5.41) is 58.9. The minimum Gasteiger partial charge on any atom is -0.508 e. The largest absolute Gasteiger partial charge is 0.508 e. The fraction of sp³-hybridized carbons (Fsp3) is 0.458. The molecule has 0 saturated carbocycles. The number of aryl methyl sites for hydroxylation is 1. The van der Waals surface area contributed by atoms with Gasteiger partial charge in [0.25, 0.3) is 5.91 Å². The number of aliphatic hydroxyl groups excluding tert-OH is 3. The van der Waals surface area contributed by atoms with Gasteiger partial charge in [-0.05, 0) is 117 Å². The van der Waals surface area contributed by atoms with Crippen molar-refractivity contribution in [2.45, 2.75) is 139 Å². The van der Waals surface area contributed by atoms with Crippen molar-refractivity contribution in [3.05, 3.63) is 108 Å². The van der Waals surface area contributed by atoms with Gasteiger partial charge in [-0.3, -0.25) is 38.4 Å². The number of nitrogens with zero attached hydrogens (tertiary/aromatic N) is 2. The van der Waals surface area contributed by atoms with Crippen LogP contribution in [0.1, 0.15) is 88.1 Å². The fourth-order valence-corrected chi connectivity index (χ4v) is 10.3. The number of nitrogens with two attached hydrogens (primary N) is 1. The maximum atomic E-state index is 14.5. The maximum absolute atomic E-state index is 14.5. The molecule has 434 valence electrons. The van der Waals surface area contributed by atoms with Gasteiger partial charge in [0.05, 0.1) is 31.5 Å². The molecule has 7 unspecified atom stereocenters. The molecule has 22 nitrogen and oxygen atoms in total. The number of amides is 8. The molecule has 22 heteroatoms. The van der Waals surface area contributed by atoms with Gasteiger partial charge in [0.2, 0.25) is 41.4 Å². The number of carbonyl (C=O) groups is 8. The molecule has 0 bridgehead atoms. The lowest BCUT2D eigenvalue weighted by Crippen LogP contribution is -2.61. The molecule has 12 N–H and O–H groups in total. The summed E-state index contributed by atoms with van der Waals surface area (Å²) in [6.07, 6.45) is -1.60. The lowest BCUT2D eigenvalue weighted by molar-refractivity contribution is -0.145. The maximum Gasteiger partial charge on any atom is 0.251 e. The lowest BCUT2D eigenvalue weighted by Gasteiger charge is -2.32. The predicted octanol–water partition coefficient (Wildman–Crippen LogP) is 1.16. The molecule has 3 fully saturated rings. The smallest absolute Gasteiger partial charge is 0.251 e. The van der Waals surface area contributed by atoms with Crippen molar-refractivity contribution in [2.24, 2.45) is 5.73 Å². The van der Waals surface area contributed by atoms with Crippen molar-refractivity contribution in [3.63, 3.8) is 0 Å². The molecule has 8 amide bonds. The average molecular weight is 1120 g/mol. The molecule has 10 atom stereocenters. The summed E-state index contributed by atoms with van der Waals surface area (Å²) in [6.45, 7) is 4.21. The minimum absolute atomic E-state index is 0.0152. The van der Waals surface area contributed by atoms with E-state index in [-0.39, 0.29) is 69.5 Å². The molecular weight excluding hydrogens is 1040 g/mol. The van der Waals surface area contributed by atoms with Gasteiger partial charge in [-0.2, -0.15) is 0 Å². The average Bonchev–Trinajstić information content (AvgIpc) is 4.13. The molecule has 0 aromatic heterocycles. The first kappa shape index (κ1) is 60.7. The van der Waals surface area contributed by atoms with Crippen LogP contribution in [0.15, 0.2) is 97.1 Å². The van der Waals surface area contributed by atoms with E-state index >= 15 is 0 Å². The topological polar surface area (TPSA) is 331 Å². The number of phenolic OH excluding ortho intramolecular Hbond substituents is 1. The van der Waals surface area contributed by atoms with Gasteiger partial charge in [-0.25, -0.2) is 0 Å². The van der Waals surface area contributed by atoms with Crippen molar-refractivity contribution in [1.82, 2.24) is 41.7 Å². The second-order valence-electron chi connectivity index (χ2n) is 21.0. The van der Waals surface area contributed by atoms with Crippen LogP contribution in [0.4, 0.5) is 0 Å². The predicted molar refractivity (Wildman–Crippen MR) is 299 cm³/mol. The Morgan fingerprint density at radius 3 is 1.83 bits per heavy atom. The first-order valence-corrected chi connectivity index (χ1v) is 27.7. The van der Waals surface area contributed by atoms with Gasteiger partial charge in [0.1, 0.15) is 47.8 Å². The van der Waals surface area contributed by atoms with Gasteiger partial charge < -0.3 is 72.6 Å². The number of hydrogen-bond donors (Lipinski definition) is 11. The summed E-state index contributed by atoms with van der Waals surface area (Å²) in [6, 6.07) is 18.9. The van der Waals surface area contributed by atoms with Crippen molar-refractivity contribution in [3.8, 4) is 33.8 Å². The minimum atomic E-state index is -1.71. The van der Waals surface area contributed by atoms with Crippen LogP contribution in [-0.4, -0.2) is 171 Å². The molecular formula is C59H75N9O13. The van der Waals surface area contributed by atoms with Gasteiger partial charge >= 0.3 is 0 Å². The first-order valence-electron chi connectivity index (χ1n) is 27.7. The Balaban J connectivity index is 1.14. The lowest BCUT2D eigenvalue weighted by atomic mass is 9.99. The fourth-order valence-electron chi connectivity index (χ4n) is 10.3. The third-order valence-electron chi connectivity index (χ3n) is 14.8. The van der Waals surface area contributed by atoms with Crippen LogP contribution in [-0.2, 0) is 40.0 Å². The van der Waals surface area contributed by atoms with Crippen LogP contribution in [0.5, 0.6) is 11.5 Å².